The Morgan fingerprint density at radius 1 is 1.11 bits per heavy atom. The molecule has 0 unspecified atom stereocenters. The summed E-state index contributed by atoms with van der Waals surface area (Å²) in [6.45, 7) is 0.582. The zero-order valence-electron chi connectivity index (χ0n) is 31.1. The van der Waals surface area contributed by atoms with Crippen molar-refractivity contribution in [2.24, 2.45) is 28.2 Å². The van der Waals surface area contributed by atoms with Crippen LogP contribution in [0.3, 0.4) is 0 Å². The predicted octanol–water partition coefficient (Wildman–Crippen LogP) is 6.19. The number of carbonyl (C=O) groups excluding carboxylic acids is 1. The molecule has 2 aromatic rings. The number of aryl methyl sites for hydroxylation is 1. The van der Waals surface area contributed by atoms with Crippen LogP contribution in [0.15, 0.2) is 59.6 Å². The highest BCUT2D eigenvalue weighted by molar-refractivity contribution is 8.77. The van der Waals surface area contributed by atoms with Gasteiger partial charge < -0.3 is 45.5 Å². The Kier molecular flexibility index (Phi) is 12.9. The van der Waals surface area contributed by atoms with Crippen molar-refractivity contribution in [2.45, 2.75) is 74.9 Å². The van der Waals surface area contributed by atoms with E-state index < -0.39 is 17.3 Å². The SMILES string of the molecule is CN=C1NCSS[C@@H]2C=C[C@@H]3CC[C@H]2[C@@]3(Cc2ccc(O)c(OC)c2)C(=O)/C=C/CCc2cc(c(O)c(O[C@]3(CNC)CC[C@H](C[C@H](O)OC)C3)c2)N1. The number of guanidine groups is 1. The molecule has 288 valence electrons. The van der Waals surface area contributed by atoms with Crippen molar-refractivity contribution in [2.75, 3.05) is 46.1 Å². The second-order valence-electron chi connectivity index (χ2n) is 14.7. The van der Waals surface area contributed by atoms with E-state index in [4.69, 9.17) is 14.2 Å². The summed E-state index contributed by atoms with van der Waals surface area (Å²) in [6, 6.07) is 9.23. The van der Waals surface area contributed by atoms with Crippen molar-refractivity contribution >= 4 is 39.0 Å². The molecule has 13 heteroatoms. The normalized spacial score (nSPS) is 30.7. The highest BCUT2D eigenvalue weighted by Crippen LogP contribution is 2.59. The summed E-state index contributed by atoms with van der Waals surface area (Å²) in [4.78, 5) is 19.0. The monoisotopic (exact) mass is 766 g/mol. The number of phenolic OH excluding ortho intramolecular Hbond substituents is 2. The number of allylic oxidation sites excluding steroid dienone is 3. The number of aromatic hydroxyl groups is 2. The molecule has 2 fully saturated rings. The first-order valence-electron chi connectivity index (χ1n) is 18.5. The van der Waals surface area contributed by atoms with Crippen molar-refractivity contribution in [1.29, 1.82) is 0 Å². The van der Waals surface area contributed by atoms with Crippen LogP contribution in [-0.2, 0) is 22.4 Å². The lowest BCUT2D eigenvalue weighted by Crippen LogP contribution is -2.46. The van der Waals surface area contributed by atoms with Gasteiger partial charge in [0, 0.05) is 37.8 Å². The van der Waals surface area contributed by atoms with E-state index in [0.717, 1.165) is 36.8 Å². The van der Waals surface area contributed by atoms with Crippen molar-refractivity contribution in [1.82, 2.24) is 10.6 Å². The number of methoxy groups -OCH3 is 2. The molecule has 6 rings (SSSR count). The van der Waals surface area contributed by atoms with E-state index >= 15 is 0 Å². The van der Waals surface area contributed by atoms with Gasteiger partial charge in [-0.1, -0.05) is 45.9 Å². The van der Waals surface area contributed by atoms with Gasteiger partial charge in [0.25, 0.3) is 0 Å². The number of phenols is 2. The third kappa shape index (κ3) is 8.64. The van der Waals surface area contributed by atoms with Gasteiger partial charge in [-0.15, -0.1) is 0 Å². The first kappa shape index (κ1) is 39.3. The number of hydrogen-bond acceptors (Lipinski definition) is 11. The molecule has 53 heavy (non-hydrogen) atoms. The molecule has 0 spiro atoms. The summed E-state index contributed by atoms with van der Waals surface area (Å²) < 4.78 is 17.3. The second kappa shape index (κ2) is 17.4. The average Bonchev–Trinajstić information content (AvgIpc) is 3.63. The van der Waals surface area contributed by atoms with Crippen LogP contribution in [0.4, 0.5) is 5.69 Å². The van der Waals surface area contributed by atoms with E-state index in [1.54, 1.807) is 47.9 Å². The molecule has 0 radical (unpaired) electrons. The zero-order chi connectivity index (χ0) is 37.6. The summed E-state index contributed by atoms with van der Waals surface area (Å²) in [5, 5.41) is 42.2. The number of rotatable bonds is 10. The van der Waals surface area contributed by atoms with Gasteiger partial charge in [0.05, 0.1) is 18.7 Å². The van der Waals surface area contributed by atoms with Crippen molar-refractivity contribution in [3.8, 4) is 23.0 Å². The number of nitrogens with zero attached hydrogens (tertiary/aromatic N) is 1. The Morgan fingerprint density at radius 3 is 2.74 bits per heavy atom. The third-order valence-corrected chi connectivity index (χ3v) is 14.0. The first-order valence-corrected chi connectivity index (χ1v) is 20.9. The fourth-order valence-corrected chi connectivity index (χ4v) is 11.5. The van der Waals surface area contributed by atoms with E-state index in [9.17, 15) is 20.1 Å². The Labute approximate surface area is 320 Å². The molecule has 6 bridgehead atoms. The van der Waals surface area contributed by atoms with Crippen LogP contribution in [0.25, 0.3) is 0 Å². The summed E-state index contributed by atoms with van der Waals surface area (Å²) >= 11 is 0. The van der Waals surface area contributed by atoms with Crippen LogP contribution >= 0.6 is 21.6 Å². The largest absolute Gasteiger partial charge is 0.504 e. The molecule has 7 atom stereocenters. The molecule has 2 saturated carbocycles. The number of nitrogens with one attached hydrogen (secondary N) is 3. The molecular formula is C40H54N4O7S2. The summed E-state index contributed by atoms with van der Waals surface area (Å²) in [5.74, 6) is 2.56. The number of carbonyl (C=O) groups is 1. The van der Waals surface area contributed by atoms with Crippen molar-refractivity contribution < 1.29 is 34.3 Å². The van der Waals surface area contributed by atoms with E-state index in [2.05, 4.69) is 33.1 Å². The highest BCUT2D eigenvalue weighted by Gasteiger charge is 2.57. The number of aliphatic hydroxyl groups excluding tert-OH is 1. The molecule has 3 aliphatic carbocycles. The molecular weight excluding hydrogens is 713 g/mol. The number of benzene rings is 2. The topological polar surface area (TPSA) is 154 Å². The number of ether oxygens (including phenoxy) is 3. The standard InChI is InChI=1S/C40H54N4O7S2/c1-41-23-39(16-15-27(21-39)20-36(47)50-4)51-33-18-25-7-5-6-8-35(46)40(22-26-9-13-31(45)32(19-26)49-3)28-10-12-29(40)34(14-11-28)53-52-24-43-38(42-2)44-30(17-25)37(33)48/h6,8-9,11,13-14,17-19,27-29,34,36,41,45,47-48H,5,7,10,12,15-16,20-24H2,1-4H3,(H2,42,43,44)/b8-6+/t27-,28+,29-,34-,36-,39-,40+/m1/s1. The third-order valence-electron chi connectivity index (χ3n) is 11.5. The van der Waals surface area contributed by atoms with Crippen LogP contribution in [-0.4, -0.2) is 84.9 Å². The van der Waals surface area contributed by atoms with Crippen LogP contribution in [0.1, 0.15) is 56.1 Å². The fraction of sp³-hybridized carbons (Fsp3) is 0.550. The first-order chi connectivity index (χ1) is 25.6. The lowest BCUT2D eigenvalue weighted by atomic mass is 9.62. The summed E-state index contributed by atoms with van der Waals surface area (Å²) in [7, 11) is 10.1. The van der Waals surface area contributed by atoms with Crippen molar-refractivity contribution in [3.05, 3.63) is 65.8 Å². The quantitative estimate of drug-likeness (QED) is 0.0708. The number of ketones is 1. The molecule has 0 saturated heterocycles. The Hall–Kier alpha value is -3.36. The average molecular weight is 767 g/mol. The minimum atomic E-state index is -0.824. The van der Waals surface area contributed by atoms with Gasteiger partial charge in [0.2, 0.25) is 0 Å². The van der Waals surface area contributed by atoms with Gasteiger partial charge in [-0.3, -0.25) is 9.79 Å². The molecule has 4 aliphatic rings. The maximum Gasteiger partial charge on any atom is 0.196 e. The molecule has 0 aromatic heterocycles. The minimum absolute atomic E-state index is 0.000909. The smallest absolute Gasteiger partial charge is 0.196 e. The van der Waals surface area contributed by atoms with E-state index in [-0.39, 0.29) is 40.3 Å². The molecule has 11 nitrogen and oxygen atoms in total. The van der Waals surface area contributed by atoms with Crippen LogP contribution < -0.4 is 25.4 Å². The van der Waals surface area contributed by atoms with Gasteiger partial charge in [0.15, 0.2) is 41.0 Å². The molecule has 1 heterocycles. The number of likely N-dealkylation sites (N-methyl/N-ethyl adjacent to an activating group) is 1. The second-order valence-corrected chi connectivity index (χ2v) is 17.3. The number of aliphatic imine (C=N–C) groups is 1. The Morgan fingerprint density at radius 2 is 1.96 bits per heavy atom. The van der Waals surface area contributed by atoms with Crippen molar-refractivity contribution in [3.63, 3.8) is 0 Å². The summed E-state index contributed by atoms with van der Waals surface area (Å²) in [6.07, 6.45) is 14.1. The minimum Gasteiger partial charge on any atom is -0.504 e. The molecule has 1 aliphatic heterocycles. The maximum atomic E-state index is 14.6. The molecule has 0 amide bonds. The highest BCUT2D eigenvalue weighted by atomic mass is 33.1. The maximum absolute atomic E-state index is 14.6. The number of hydrogen-bond donors (Lipinski definition) is 6. The van der Waals surface area contributed by atoms with E-state index in [1.165, 1.54) is 7.11 Å². The van der Waals surface area contributed by atoms with Crippen LogP contribution in [0.5, 0.6) is 23.0 Å². The Balaban J connectivity index is 1.30. The van der Waals surface area contributed by atoms with Gasteiger partial charge in [-0.25, -0.2) is 0 Å². The Bertz CT molecular complexity index is 1710. The van der Waals surface area contributed by atoms with Crippen LogP contribution in [0, 0.1) is 23.2 Å². The van der Waals surface area contributed by atoms with Gasteiger partial charge >= 0.3 is 0 Å². The number of fused-ring (bicyclic) bond motifs is 2. The van der Waals surface area contributed by atoms with Gasteiger partial charge in [0.1, 0.15) is 5.60 Å². The number of aliphatic hydroxyl groups is 1. The van der Waals surface area contributed by atoms with E-state index in [0.29, 0.717) is 67.7 Å². The lowest BCUT2D eigenvalue weighted by molar-refractivity contribution is -0.127. The van der Waals surface area contributed by atoms with Crippen LogP contribution in [0.2, 0.25) is 0 Å². The molecule has 6 N–H and O–H groups in total. The van der Waals surface area contributed by atoms with E-state index in [1.807, 2.05) is 37.4 Å². The zero-order valence-corrected chi connectivity index (χ0v) is 32.7. The number of anilines is 1. The van der Waals surface area contributed by atoms with Gasteiger partial charge in [-0.05, 0) is 118 Å². The predicted molar refractivity (Wildman–Crippen MR) is 213 cm³/mol. The van der Waals surface area contributed by atoms with Gasteiger partial charge in [-0.2, -0.15) is 0 Å². The summed E-state index contributed by atoms with van der Waals surface area (Å²) in [5.41, 5.74) is 1.21. The molecule has 2 aromatic carbocycles. The fourth-order valence-electron chi connectivity index (χ4n) is 8.96. The lowest BCUT2D eigenvalue weighted by Gasteiger charge is -2.43.